The molecule has 0 atom stereocenters. The summed E-state index contributed by atoms with van der Waals surface area (Å²) >= 11 is 0. The average Bonchev–Trinajstić information content (AvgIpc) is 2.65. The summed E-state index contributed by atoms with van der Waals surface area (Å²) in [6.45, 7) is 11.2. The van der Waals surface area contributed by atoms with Gasteiger partial charge >= 0.3 is 6.09 Å². The van der Waals surface area contributed by atoms with Crippen molar-refractivity contribution in [3.05, 3.63) is 23.8 Å². The number of hydrogen-bond donors (Lipinski definition) is 2. The van der Waals surface area contributed by atoms with Crippen LogP contribution < -0.4 is 20.1 Å². The fourth-order valence-corrected chi connectivity index (χ4v) is 2.35. The maximum atomic E-state index is 12.7. The lowest BCUT2D eigenvalue weighted by Gasteiger charge is -2.19. The number of rotatable bonds is 12. The Kier molecular flexibility index (Phi) is 10.9. The second-order valence-electron chi connectivity index (χ2n) is 7.72. The lowest BCUT2D eigenvalue weighted by Crippen LogP contribution is -2.38. The molecule has 164 valence electrons. The van der Waals surface area contributed by atoms with Crippen molar-refractivity contribution in [1.29, 1.82) is 0 Å². The van der Waals surface area contributed by atoms with Gasteiger partial charge in [0.1, 0.15) is 5.60 Å². The zero-order chi connectivity index (χ0) is 21.7. The summed E-state index contributed by atoms with van der Waals surface area (Å²) in [5.74, 6) is 0.771. The van der Waals surface area contributed by atoms with Crippen LogP contribution in [0.25, 0.3) is 0 Å². The normalized spacial score (nSPS) is 10.9. The fraction of sp³-hybridized carbons (Fsp3) is 0.636. The van der Waals surface area contributed by atoms with Crippen LogP contribution >= 0.6 is 0 Å². The van der Waals surface area contributed by atoms with Gasteiger partial charge in [0.2, 0.25) is 0 Å². The number of hydrogen-bond acceptors (Lipinski definition) is 5. The van der Waals surface area contributed by atoms with E-state index in [1.165, 1.54) is 0 Å². The van der Waals surface area contributed by atoms with Crippen LogP contribution in [0, 0.1) is 0 Å². The molecule has 29 heavy (non-hydrogen) atoms. The van der Waals surface area contributed by atoms with Gasteiger partial charge in [-0.2, -0.15) is 0 Å². The van der Waals surface area contributed by atoms with Crippen LogP contribution in [0.3, 0.4) is 0 Å². The molecule has 0 spiro atoms. The number of amides is 2. The lowest BCUT2D eigenvalue weighted by molar-refractivity contribution is 0.0526. The summed E-state index contributed by atoms with van der Waals surface area (Å²) in [6, 6.07) is 5.31. The van der Waals surface area contributed by atoms with E-state index in [1.807, 2.05) is 6.07 Å². The average molecular weight is 409 g/mol. The molecule has 0 saturated heterocycles. The highest BCUT2D eigenvalue weighted by Crippen LogP contribution is 2.32. The van der Waals surface area contributed by atoms with Crippen molar-refractivity contribution >= 4 is 12.0 Å². The smallest absolute Gasteiger partial charge is 0.407 e. The Morgan fingerprint density at radius 2 is 1.55 bits per heavy atom. The van der Waals surface area contributed by atoms with Gasteiger partial charge in [-0.3, -0.25) is 4.79 Å². The van der Waals surface area contributed by atoms with E-state index in [2.05, 4.69) is 24.5 Å². The summed E-state index contributed by atoms with van der Waals surface area (Å²) in [5.41, 5.74) is -0.136. The molecule has 1 aromatic rings. The van der Waals surface area contributed by atoms with Gasteiger partial charge < -0.3 is 24.8 Å². The highest BCUT2D eigenvalue weighted by molar-refractivity contribution is 5.97. The van der Waals surface area contributed by atoms with Gasteiger partial charge in [-0.15, -0.1) is 0 Å². The largest absolute Gasteiger partial charge is 0.490 e. The van der Waals surface area contributed by atoms with E-state index in [4.69, 9.17) is 14.2 Å². The molecule has 0 aliphatic rings. The first kappa shape index (κ1) is 24.6. The number of carbonyl (C=O) groups excluding carboxylic acids is 2. The first-order chi connectivity index (χ1) is 13.8. The Balaban J connectivity index is 2.69. The van der Waals surface area contributed by atoms with E-state index in [0.29, 0.717) is 30.3 Å². The van der Waals surface area contributed by atoms with Gasteiger partial charge in [-0.25, -0.2) is 4.79 Å². The minimum Gasteiger partial charge on any atom is -0.490 e. The summed E-state index contributed by atoms with van der Waals surface area (Å²) in [4.78, 5) is 24.3. The molecule has 7 nitrogen and oxygen atoms in total. The summed E-state index contributed by atoms with van der Waals surface area (Å²) in [6.07, 6.45) is 3.33. The zero-order valence-corrected chi connectivity index (χ0v) is 18.4. The highest BCUT2D eigenvalue weighted by Gasteiger charge is 2.18. The van der Waals surface area contributed by atoms with Crippen molar-refractivity contribution in [3.8, 4) is 11.5 Å². The minimum absolute atomic E-state index is 0.263. The van der Waals surface area contributed by atoms with Gasteiger partial charge in [0.25, 0.3) is 5.91 Å². The predicted octanol–water partition coefficient (Wildman–Crippen LogP) is 4.30. The monoisotopic (exact) mass is 408 g/mol. The molecule has 0 bridgehead atoms. The third-order valence-electron chi connectivity index (χ3n) is 3.80. The summed E-state index contributed by atoms with van der Waals surface area (Å²) < 4.78 is 16.9. The maximum absolute atomic E-state index is 12.7. The quantitative estimate of drug-likeness (QED) is 0.504. The van der Waals surface area contributed by atoms with Crippen molar-refractivity contribution in [2.24, 2.45) is 0 Å². The first-order valence-corrected chi connectivity index (χ1v) is 10.4. The van der Waals surface area contributed by atoms with E-state index in [9.17, 15) is 9.59 Å². The van der Waals surface area contributed by atoms with E-state index in [1.54, 1.807) is 32.9 Å². The molecular formula is C22H36N2O5. The predicted molar refractivity (Wildman–Crippen MR) is 114 cm³/mol. The third kappa shape index (κ3) is 10.1. The molecule has 2 N–H and O–H groups in total. The molecule has 7 heteroatoms. The van der Waals surface area contributed by atoms with Crippen LogP contribution in [-0.2, 0) is 4.74 Å². The highest BCUT2D eigenvalue weighted by atomic mass is 16.6. The molecule has 0 unspecified atom stereocenters. The number of carbonyl (C=O) groups is 2. The van der Waals surface area contributed by atoms with E-state index in [0.717, 1.165) is 25.7 Å². The van der Waals surface area contributed by atoms with Crippen LogP contribution in [0.15, 0.2) is 18.2 Å². The topological polar surface area (TPSA) is 85.9 Å². The standard InChI is InChI=1S/C22H36N2O5/c1-6-8-15-27-18-12-10-11-17(19(18)28-16-9-7-2)20(25)23-13-14-24-21(26)29-22(3,4)5/h10-12H,6-9,13-16H2,1-5H3,(H,23,25)(H,24,26). The van der Waals surface area contributed by atoms with E-state index >= 15 is 0 Å². The van der Waals surface area contributed by atoms with Crippen molar-refractivity contribution < 1.29 is 23.8 Å². The van der Waals surface area contributed by atoms with Crippen molar-refractivity contribution in [2.45, 2.75) is 65.9 Å². The molecule has 2 amide bonds. The number of unbranched alkanes of at least 4 members (excludes halogenated alkanes) is 2. The molecule has 1 aromatic carbocycles. The van der Waals surface area contributed by atoms with E-state index in [-0.39, 0.29) is 19.0 Å². The second kappa shape index (κ2) is 12.9. The zero-order valence-electron chi connectivity index (χ0n) is 18.4. The van der Waals surface area contributed by atoms with Gasteiger partial charge in [0, 0.05) is 13.1 Å². The molecular weight excluding hydrogens is 372 g/mol. The fourth-order valence-electron chi connectivity index (χ4n) is 2.35. The number of para-hydroxylation sites is 1. The van der Waals surface area contributed by atoms with E-state index < -0.39 is 11.7 Å². The molecule has 0 saturated carbocycles. The molecule has 0 radical (unpaired) electrons. The van der Waals surface area contributed by atoms with Gasteiger partial charge in [-0.1, -0.05) is 32.8 Å². The minimum atomic E-state index is -0.559. The van der Waals surface area contributed by atoms with Crippen LogP contribution in [0.4, 0.5) is 4.79 Å². The van der Waals surface area contributed by atoms with Gasteiger partial charge in [0.05, 0.1) is 18.8 Å². The Morgan fingerprint density at radius 3 is 2.17 bits per heavy atom. The first-order valence-electron chi connectivity index (χ1n) is 10.4. The number of benzene rings is 1. The molecule has 1 rings (SSSR count). The molecule has 0 fully saturated rings. The SMILES string of the molecule is CCCCOc1cccc(C(=O)NCCNC(=O)OC(C)(C)C)c1OCCCC. The number of nitrogens with one attached hydrogen (secondary N) is 2. The van der Waals surface area contributed by atoms with Gasteiger partial charge in [0.15, 0.2) is 11.5 Å². The van der Waals surface area contributed by atoms with Crippen molar-refractivity contribution in [1.82, 2.24) is 10.6 Å². The number of alkyl carbamates (subject to hydrolysis) is 1. The van der Waals surface area contributed by atoms with Gasteiger partial charge in [-0.05, 0) is 45.7 Å². The Bertz CT molecular complexity index is 641. The Morgan fingerprint density at radius 1 is 0.931 bits per heavy atom. The van der Waals surface area contributed by atoms with Crippen LogP contribution in [0.2, 0.25) is 0 Å². The Hall–Kier alpha value is -2.44. The molecule has 0 aromatic heterocycles. The van der Waals surface area contributed by atoms with Crippen LogP contribution in [0.5, 0.6) is 11.5 Å². The molecule has 0 aliphatic heterocycles. The molecule has 0 heterocycles. The lowest BCUT2D eigenvalue weighted by atomic mass is 10.1. The Labute approximate surface area is 174 Å². The summed E-state index contributed by atoms with van der Waals surface area (Å²) in [7, 11) is 0. The van der Waals surface area contributed by atoms with Crippen LogP contribution in [-0.4, -0.2) is 43.9 Å². The number of ether oxygens (including phenoxy) is 3. The maximum Gasteiger partial charge on any atom is 0.407 e. The third-order valence-corrected chi connectivity index (χ3v) is 3.80. The summed E-state index contributed by atoms with van der Waals surface area (Å²) in [5, 5.41) is 5.41. The second-order valence-corrected chi connectivity index (χ2v) is 7.72. The molecule has 0 aliphatic carbocycles. The van der Waals surface area contributed by atoms with Crippen molar-refractivity contribution in [3.63, 3.8) is 0 Å². The van der Waals surface area contributed by atoms with Crippen molar-refractivity contribution in [2.75, 3.05) is 26.3 Å². The van der Waals surface area contributed by atoms with Crippen LogP contribution in [0.1, 0.15) is 70.7 Å².